The Morgan fingerprint density at radius 1 is 1.47 bits per heavy atom. The van der Waals surface area contributed by atoms with Gasteiger partial charge in [-0.3, -0.25) is 14.9 Å². The number of benzene rings is 1. The van der Waals surface area contributed by atoms with Gasteiger partial charge in [0.05, 0.1) is 9.40 Å². The van der Waals surface area contributed by atoms with E-state index >= 15 is 0 Å². The quantitative estimate of drug-likeness (QED) is 0.625. The first-order chi connectivity index (χ1) is 8.99. The molecule has 0 bridgehead atoms. The Morgan fingerprint density at radius 3 is 2.89 bits per heavy atom. The van der Waals surface area contributed by atoms with Crippen molar-refractivity contribution in [1.82, 2.24) is 0 Å². The van der Waals surface area contributed by atoms with Crippen molar-refractivity contribution < 1.29 is 9.72 Å². The molecule has 0 saturated heterocycles. The maximum Gasteiger partial charge on any atom is 0.283 e. The first kappa shape index (κ1) is 14.2. The van der Waals surface area contributed by atoms with E-state index in [4.69, 9.17) is 0 Å². The minimum absolute atomic E-state index is 0.00190. The third-order valence-corrected chi connectivity index (χ3v) is 4.66. The Hall–Kier alpha value is -1.23. The average molecular weight is 326 g/mol. The van der Waals surface area contributed by atoms with E-state index in [9.17, 15) is 14.9 Å². The third kappa shape index (κ3) is 3.21. The smallest absolute Gasteiger partial charge is 0.283 e. The van der Waals surface area contributed by atoms with Gasteiger partial charge in [0.1, 0.15) is 5.78 Å². The van der Waals surface area contributed by atoms with Gasteiger partial charge < -0.3 is 0 Å². The first-order valence-electron chi connectivity index (χ1n) is 6.43. The number of nitro benzene ring substituents is 1. The van der Waals surface area contributed by atoms with Crippen LogP contribution in [0.5, 0.6) is 0 Å². The van der Waals surface area contributed by atoms with Crippen LogP contribution < -0.4 is 0 Å². The summed E-state index contributed by atoms with van der Waals surface area (Å²) in [6.45, 7) is 2.15. The van der Waals surface area contributed by atoms with E-state index in [1.807, 2.05) is 6.07 Å². The molecule has 2 atom stereocenters. The second-order valence-electron chi connectivity index (χ2n) is 5.25. The molecule has 0 aliphatic heterocycles. The van der Waals surface area contributed by atoms with E-state index in [1.54, 1.807) is 6.07 Å². The Kier molecular flexibility index (Phi) is 4.34. The molecular weight excluding hydrogens is 310 g/mol. The van der Waals surface area contributed by atoms with Crippen LogP contribution in [0, 0.1) is 22.0 Å². The third-order valence-electron chi connectivity index (χ3n) is 3.75. The zero-order valence-electron chi connectivity index (χ0n) is 10.8. The van der Waals surface area contributed by atoms with Crippen molar-refractivity contribution in [3.63, 3.8) is 0 Å². The summed E-state index contributed by atoms with van der Waals surface area (Å²) < 4.78 is 0.506. The highest BCUT2D eigenvalue weighted by molar-refractivity contribution is 9.10. The van der Waals surface area contributed by atoms with Gasteiger partial charge in [-0.05, 0) is 46.7 Å². The van der Waals surface area contributed by atoms with E-state index in [1.165, 1.54) is 6.07 Å². The number of rotatable bonds is 3. The van der Waals surface area contributed by atoms with Crippen LogP contribution in [0.15, 0.2) is 22.7 Å². The standard InChI is InChI=1S/C14H16BrNO3/c1-9-5-6-13(17)11(7-9)8-10-3-2-4-12(14(10)15)16(18)19/h2-4,9,11H,5-8H2,1H3. The number of carbonyl (C=O) groups excluding carboxylic acids is 1. The molecule has 5 heteroatoms. The number of hydrogen-bond donors (Lipinski definition) is 0. The molecule has 4 nitrogen and oxygen atoms in total. The van der Waals surface area contributed by atoms with Crippen LogP contribution in [0.3, 0.4) is 0 Å². The highest BCUT2D eigenvalue weighted by atomic mass is 79.9. The lowest BCUT2D eigenvalue weighted by molar-refractivity contribution is -0.385. The molecule has 1 fully saturated rings. The monoisotopic (exact) mass is 325 g/mol. The lowest BCUT2D eigenvalue weighted by atomic mass is 9.78. The van der Waals surface area contributed by atoms with Crippen LogP contribution in [0.2, 0.25) is 0 Å². The molecule has 0 aromatic heterocycles. The summed E-state index contributed by atoms with van der Waals surface area (Å²) >= 11 is 3.29. The van der Waals surface area contributed by atoms with E-state index in [0.29, 0.717) is 23.2 Å². The second-order valence-corrected chi connectivity index (χ2v) is 6.05. The van der Waals surface area contributed by atoms with Crippen LogP contribution in [0.1, 0.15) is 31.7 Å². The average Bonchev–Trinajstić information content (AvgIpc) is 2.36. The van der Waals surface area contributed by atoms with E-state index in [0.717, 1.165) is 18.4 Å². The molecule has 0 heterocycles. The number of ketones is 1. The van der Waals surface area contributed by atoms with Gasteiger partial charge in [0, 0.05) is 18.4 Å². The Labute approximate surface area is 120 Å². The molecule has 0 spiro atoms. The normalized spacial score (nSPS) is 23.4. The summed E-state index contributed by atoms with van der Waals surface area (Å²) in [5.41, 5.74) is 0.912. The minimum atomic E-state index is -0.404. The topological polar surface area (TPSA) is 60.2 Å². The highest BCUT2D eigenvalue weighted by Gasteiger charge is 2.28. The predicted octanol–water partition coefficient (Wildman–Crippen LogP) is 3.91. The molecule has 2 rings (SSSR count). The lowest BCUT2D eigenvalue weighted by Crippen LogP contribution is -2.25. The van der Waals surface area contributed by atoms with E-state index < -0.39 is 4.92 Å². The molecule has 0 amide bonds. The lowest BCUT2D eigenvalue weighted by Gasteiger charge is -2.25. The zero-order chi connectivity index (χ0) is 14.0. The van der Waals surface area contributed by atoms with Crippen LogP contribution >= 0.6 is 15.9 Å². The molecule has 0 N–H and O–H groups in total. The summed E-state index contributed by atoms with van der Waals surface area (Å²) in [5, 5.41) is 10.9. The Balaban J connectivity index is 2.21. The van der Waals surface area contributed by atoms with E-state index in [2.05, 4.69) is 22.9 Å². The van der Waals surface area contributed by atoms with Crippen molar-refractivity contribution in [2.24, 2.45) is 11.8 Å². The molecule has 1 aromatic rings. The number of hydrogen-bond acceptors (Lipinski definition) is 3. The summed E-state index contributed by atoms with van der Waals surface area (Å²) in [6, 6.07) is 5.00. The van der Waals surface area contributed by atoms with Gasteiger partial charge in [-0.2, -0.15) is 0 Å². The van der Waals surface area contributed by atoms with Crippen molar-refractivity contribution >= 4 is 27.4 Å². The largest absolute Gasteiger partial charge is 0.299 e. The van der Waals surface area contributed by atoms with Crippen molar-refractivity contribution in [2.75, 3.05) is 0 Å². The van der Waals surface area contributed by atoms with Gasteiger partial charge in [0.25, 0.3) is 5.69 Å². The summed E-state index contributed by atoms with van der Waals surface area (Å²) in [7, 11) is 0. The van der Waals surface area contributed by atoms with Gasteiger partial charge in [0.15, 0.2) is 0 Å². The van der Waals surface area contributed by atoms with Gasteiger partial charge in [-0.25, -0.2) is 0 Å². The second kappa shape index (κ2) is 5.82. The van der Waals surface area contributed by atoms with Crippen molar-refractivity contribution in [2.45, 2.75) is 32.6 Å². The molecule has 1 aliphatic rings. The fourth-order valence-electron chi connectivity index (χ4n) is 2.66. The van der Waals surface area contributed by atoms with Gasteiger partial charge in [0.2, 0.25) is 0 Å². The van der Waals surface area contributed by atoms with E-state index in [-0.39, 0.29) is 17.4 Å². The predicted molar refractivity (Wildman–Crippen MR) is 76.0 cm³/mol. The van der Waals surface area contributed by atoms with Gasteiger partial charge >= 0.3 is 0 Å². The molecule has 1 aliphatic carbocycles. The molecule has 1 saturated carbocycles. The fourth-order valence-corrected chi connectivity index (χ4v) is 3.23. The van der Waals surface area contributed by atoms with Crippen LogP contribution in [0.4, 0.5) is 5.69 Å². The Bertz CT molecular complexity index is 515. The molecule has 102 valence electrons. The molecule has 0 radical (unpaired) electrons. The molecule has 1 aromatic carbocycles. The van der Waals surface area contributed by atoms with Crippen LogP contribution in [-0.2, 0) is 11.2 Å². The van der Waals surface area contributed by atoms with Gasteiger partial charge in [-0.1, -0.05) is 19.1 Å². The fraction of sp³-hybridized carbons (Fsp3) is 0.500. The number of Topliss-reactive ketones (excluding diaryl/α,β-unsaturated/α-hetero) is 1. The molecular formula is C14H16BrNO3. The molecule has 2 unspecified atom stereocenters. The number of halogens is 1. The summed E-state index contributed by atoms with van der Waals surface area (Å²) in [6.07, 6.45) is 3.07. The summed E-state index contributed by atoms with van der Waals surface area (Å²) in [4.78, 5) is 22.4. The SMILES string of the molecule is CC1CCC(=O)C(Cc2cccc([N+](=O)[O-])c2Br)C1. The van der Waals surface area contributed by atoms with Crippen molar-refractivity contribution in [3.8, 4) is 0 Å². The van der Waals surface area contributed by atoms with Crippen molar-refractivity contribution in [1.29, 1.82) is 0 Å². The van der Waals surface area contributed by atoms with Gasteiger partial charge in [-0.15, -0.1) is 0 Å². The Morgan fingerprint density at radius 2 is 2.21 bits per heavy atom. The number of nitrogens with zero attached hydrogens (tertiary/aromatic N) is 1. The number of nitro groups is 1. The zero-order valence-corrected chi connectivity index (χ0v) is 12.4. The minimum Gasteiger partial charge on any atom is -0.299 e. The maximum atomic E-state index is 11.9. The highest BCUT2D eigenvalue weighted by Crippen LogP contribution is 2.33. The first-order valence-corrected chi connectivity index (χ1v) is 7.23. The number of carbonyl (C=O) groups is 1. The van der Waals surface area contributed by atoms with Crippen LogP contribution in [-0.4, -0.2) is 10.7 Å². The summed E-state index contributed by atoms with van der Waals surface area (Å²) in [5.74, 6) is 0.846. The molecule has 19 heavy (non-hydrogen) atoms. The van der Waals surface area contributed by atoms with Crippen LogP contribution in [0.25, 0.3) is 0 Å². The van der Waals surface area contributed by atoms with Crippen molar-refractivity contribution in [3.05, 3.63) is 38.3 Å². The maximum absolute atomic E-state index is 11.9.